The molecule has 7 atom stereocenters. The van der Waals surface area contributed by atoms with Crippen LogP contribution in [0.25, 0.3) is 0 Å². The number of benzene rings is 1. The second kappa shape index (κ2) is 22.9. The van der Waals surface area contributed by atoms with Crippen LogP contribution in [0.1, 0.15) is 99.0 Å². The van der Waals surface area contributed by atoms with Gasteiger partial charge in [-0.15, -0.1) is 12.3 Å². The van der Waals surface area contributed by atoms with E-state index < -0.39 is 16.6 Å². The van der Waals surface area contributed by atoms with E-state index in [4.69, 9.17) is 39.0 Å². The van der Waals surface area contributed by atoms with E-state index in [-0.39, 0.29) is 52.8 Å². The van der Waals surface area contributed by atoms with Gasteiger partial charge in [-0.2, -0.15) is 0 Å². The lowest BCUT2D eigenvalue weighted by Gasteiger charge is -2.40. The second-order valence-electron chi connectivity index (χ2n) is 19.2. The third-order valence-corrected chi connectivity index (χ3v) is 21.3. The molecule has 0 radical (unpaired) electrons. The Labute approximate surface area is 355 Å². The molecule has 0 aliphatic carbocycles. The zero-order valence-electron chi connectivity index (χ0n) is 38.4. The van der Waals surface area contributed by atoms with Gasteiger partial charge in [0.2, 0.25) is 0 Å². The molecule has 2 aliphatic rings. The molecule has 7 nitrogen and oxygen atoms in total. The largest absolute Gasteiger partial charge is 0.497 e. The lowest BCUT2D eigenvalue weighted by molar-refractivity contribution is -0.0721. The number of rotatable bonds is 22. The Kier molecular flexibility index (Phi) is 19.7. The van der Waals surface area contributed by atoms with Gasteiger partial charge in [-0.05, 0) is 99.4 Å². The summed E-state index contributed by atoms with van der Waals surface area (Å²) >= 11 is 0. The van der Waals surface area contributed by atoms with Gasteiger partial charge < -0.3 is 32.5 Å². The summed E-state index contributed by atoms with van der Waals surface area (Å²) in [5.41, 5.74) is 3.59. The summed E-state index contributed by atoms with van der Waals surface area (Å²) in [6.07, 6.45) is 25.5. The first-order valence-corrected chi connectivity index (χ1v) is 27.2. The van der Waals surface area contributed by atoms with Gasteiger partial charge in [-0.3, -0.25) is 0 Å². The molecule has 9 heteroatoms. The monoisotopic (exact) mass is 835 g/mol. The lowest BCUT2D eigenvalue weighted by atomic mass is 9.98. The van der Waals surface area contributed by atoms with Gasteiger partial charge in [0.05, 0.1) is 56.9 Å². The summed E-state index contributed by atoms with van der Waals surface area (Å²) in [6.45, 7) is 30.8. The molecule has 0 spiro atoms. The number of methoxy groups -OCH3 is 2. The number of hydrogen-bond acceptors (Lipinski definition) is 7. The molecule has 0 aromatic heterocycles. The highest BCUT2D eigenvalue weighted by Gasteiger charge is 2.41. The van der Waals surface area contributed by atoms with Crippen LogP contribution in [0.4, 0.5) is 0 Å². The molecule has 0 saturated carbocycles. The fraction of sp³-hybridized carbons (Fsp3) is 0.633. The van der Waals surface area contributed by atoms with Gasteiger partial charge in [0.1, 0.15) is 11.9 Å². The first kappa shape index (κ1) is 49.8. The molecule has 1 aromatic carbocycles. The van der Waals surface area contributed by atoms with Crippen molar-refractivity contribution >= 4 is 16.6 Å². The van der Waals surface area contributed by atoms with Crippen LogP contribution in [0.2, 0.25) is 36.3 Å². The molecular weight excluding hydrogens is 757 g/mol. The van der Waals surface area contributed by atoms with Crippen molar-refractivity contribution in [1.29, 1.82) is 0 Å². The molecular formula is C49H78O7Si2. The average Bonchev–Trinajstić information content (AvgIpc) is 3.14. The summed E-state index contributed by atoms with van der Waals surface area (Å²) in [5.74, 6) is 3.55. The van der Waals surface area contributed by atoms with Crippen molar-refractivity contribution in [1.82, 2.24) is 0 Å². The molecule has 0 bridgehead atoms. The van der Waals surface area contributed by atoms with E-state index in [1.54, 1.807) is 14.2 Å². The zero-order chi connectivity index (χ0) is 43.1. The Morgan fingerprint density at radius 1 is 0.983 bits per heavy atom. The summed E-state index contributed by atoms with van der Waals surface area (Å²) < 4.78 is 44.8. The van der Waals surface area contributed by atoms with Crippen LogP contribution in [0, 0.1) is 12.3 Å². The van der Waals surface area contributed by atoms with E-state index in [9.17, 15) is 0 Å². The highest BCUT2D eigenvalue weighted by molar-refractivity contribution is 6.74. The molecule has 324 valence electrons. The molecule has 0 N–H and O–H groups in total. The summed E-state index contributed by atoms with van der Waals surface area (Å²) in [6, 6.07) is 8.09. The van der Waals surface area contributed by atoms with E-state index in [0.29, 0.717) is 26.1 Å². The molecule has 1 aromatic rings. The van der Waals surface area contributed by atoms with Crippen LogP contribution < -0.4 is 4.74 Å². The van der Waals surface area contributed by atoms with Crippen LogP contribution in [0.15, 0.2) is 84.5 Å². The quantitative estimate of drug-likeness (QED) is 0.0655. The number of ether oxygens (including phenoxy) is 5. The molecule has 0 saturated heterocycles. The third-order valence-electron chi connectivity index (χ3n) is 12.3. The van der Waals surface area contributed by atoms with E-state index in [2.05, 4.69) is 136 Å². The third kappa shape index (κ3) is 16.2. The molecule has 0 fully saturated rings. The average molecular weight is 835 g/mol. The minimum absolute atomic E-state index is 0.00702. The van der Waals surface area contributed by atoms with Gasteiger partial charge in [-0.25, -0.2) is 0 Å². The highest BCUT2D eigenvalue weighted by Crippen LogP contribution is 2.40. The van der Waals surface area contributed by atoms with Crippen LogP contribution in [0.5, 0.6) is 5.75 Å². The minimum Gasteiger partial charge on any atom is -0.497 e. The number of hydrogen-bond donors (Lipinski definition) is 0. The molecule has 3 rings (SSSR count). The van der Waals surface area contributed by atoms with Gasteiger partial charge in [0.25, 0.3) is 0 Å². The van der Waals surface area contributed by atoms with Crippen molar-refractivity contribution in [2.75, 3.05) is 20.8 Å². The van der Waals surface area contributed by atoms with Gasteiger partial charge in [0.15, 0.2) is 16.6 Å². The van der Waals surface area contributed by atoms with Gasteiger partial charge >= 0.3 is 0 Å². The Balaban J connectivity index is 1.88. The van der Waals surface area contributed by atoms with E-state index in [1.165, 1.54) is 11.1 Å². The van der Waals surface area contributed by atoms with Crippen LogP contribution in [-0.2, 0) is 34.4 Å². The summed E-state index contributed by atoms with van der Waals surface area (Å²) in [5, 5.41) is 0.0776. The minimum atomic E-state index is -2.21. The molecule has 58 heavy (non-hydrogen) atoms. The van der Waals surface area contributed by atoms with Crippen molar-refractivity contribution in [2.45, 2.75) is 179 Å². The first-order chi connectivity index (χ1) is 27.2. The maximum atomic E-state index is 7.22. The standard InChI is InChI=1S/C49H78O7Si2/c1-16-19-41-28-30-44(51-11)46(54-41)23-17-20-37(2)35-43(55-57(12,13)48(4,5)6)21-18-22-45(53-36-39-24-26-40(50-10)27-25-39)47(56-58(14,15)49(7,8)9)31-29-42-34-38(3)32-33-52-42/h1,18,21,24-32,41-47H,2,17,19-20,22-23,33-36H2,3-15H3. The lowest BCUT2D eigenvalue weighted by Crippen LogP contribution is -2.47. The van der Waals surface area contributed by atoms with Crippen molar-refractivity contribution in [3.63, 3.8) is 0 Å². The molecule has 0 amide bonds. The van der Waals surface area contributed by atoms with Crippen LogP contribution >= 0.6 is 0 Å². The van der Waals surface area contributed by atoms with Crippen LogP contribution in [-0.4, -0.2) is 80.2 Å². The molecule has 7 unspecified atom stereocenters. The topological polar surface area (TPSA) is 64.6 Å². The Morgan fingerprint density at radius 3 is 2.26 bits per heavy atom. The SMILES string of the molecule is C#CCC1C=CC(OC)C(CCCC(=C)CC(C=CCC(OCc2ccc(OC)cc2)C(C=CC2CC(C)=CCO2)O[Si](C)(C)C(C)(C)C)O[Si](C)(C)C(C)(C)C)O1. The van der Waals surface area contributed by atoms with E-state index >= 15 is 0 Å². The fourth-order valence-electron chi connectivity index (χ4n) is 6.52. The normalized spacial score (nSPS) is 22.4. The second-order valence-corrected chi connectivity index (χ2v) is 28.7. The Bertz CT molecular complexity index is 1570. The molecule has 2 heterocycles. The van der Waals surface area contributed by atoms with Crippen molar-refractivity contribution < 1.29 is 32.5 Å². The summed E-state index contributed by atoms with van der Waals surface area (Å²) in [4.78, 5) is 0. The molecule has 2 aliphatic heterocycles. The smallest absolute Gasteiger partial charge is 0.193 e. The maximum absolute atomic E-state index is 7.22. The van der Waals surface area contributed by atoms with E-state index in [0.717, 1.165) is 43.4 Å². The van der Waals surface area contributed by atoms with Gasteiger partial charge in [0, 0.05) is 13.5 Å². The maximum Gasteiger partial charge on any atom is 0.193 e. The van der Waals surface area contributed by atoms with E-state index in [1.807, 2.05) is 18.2 Å². The summed E-state index contributed by atoms with van der Waals surface area (Å²) in [7, 11) is -0.914. The van der Waals surface area contributed by atoms with Gasteiger partial charge in [-0.1, -0.05) is 114 Å². The van der Waals surface area contributed by atoms with Crippen LogP contribution in [0.3, 0.4) is 0 Å². The van der Waals surface area contributed by atoms with Crippen molar-refractivity contribution in [2.24, 2.45) is 0 Å². The highest BCUT2D eigenvalue weighted by atomic mass is 28.4. The Hall–Kier alpha value is -2.53. The number of terminal acetylenes is 1. The van der Waals surface area contributed by atoms with Crippen molar-refractivity contribution in [3.8, 4) is 18.1 Å². The van der Waals surface area contributed by atoms with Crippen molar-refractivity contribution in [3.05, 3.63) is 90.1 Å². The predicted octanol–water partition coefficient (Wildman–Crippen LogP) is 12.1. The fourth-order valence-corrected chi connectivity index (χ4v) is 9.05. The zero-order valence-corrected chi connectivity index (χ0v) is 40.4. The first-order valence-electron chi connectivity index (χ1n) is 21.4. The Morgan fingerprint density at radius 2 is 1.66 bits per heavy atom. The predicted molar refractivity (Wildman–Crippen MR) is 246 cm³/mol.